The summed E-state index contributed by atoms with van der Waals surface area (Å²) in [5.41, 5.74) is 3.94. The third kappa shape index (κ3) is 4.13. The van der Waals surface area contributed by atoms with Crippen molar-refractivity contribution >= 4 is 43.3 Å². The molecule has 0 saturated carbocycles. The molecule has 0 N–H and O–H groups in total. The van der Waals surface area contributed by atoms with Crippen molar-refractivity contribution < 1.29 is 18.0 Å². The van der Waals surface area contributed by atoms with Gasteiger partial charge in [-0.25, -0.2) is 18.2 Å². The Balaban J connectivity index is 1.29. The van der Waals surface area contributed by atoms with E-state index in [0.717, 1.165) is 11.8 Å². The number of nitrogens with zero attached hydrogens (tertiary/aromatic N) is 4. The van der Waals surface area contributed by atoms with Crippen LogP contribution >= 0.6 is 11.3 Å². The molecule has 35 heavy (non-hydrogen) atoms. The largest absolute Gasteiger partial charge is 0.327 e. The number of thiazole rings is 1. The molecule has 0 unspecified atom stereocenters. The number of imide groups is 1. The lowest BCUT2D eigenvalue weighted by molar-refractivity contribution is -0.135. The molecule has 0 radical (unpaired) electrons. The second kappa shape index (κ2) is 8.69. The Morgan fingerprint density at radius 3 is 2.43 bits per heavy atom. The first-order valence-corrected chi connectivity index (χ1v) is 14.3. The first-order chi connectivity index (χ1) is 16.6. The molecule has 2 aromatic carbocycles. The Labute approximate surface area is 209 Å². The van der Waals surface area contributed by atoms with Gasteiger partial charge in [-0.05, 0) is 55.2 Å². The highest BCUT2D eigenvalue weighted by Crippen LogP contribution is 2.39. The number of piperidine rings is 1. The van der Waals surface area contributed by atoms with E-state index in [-0.39, 0.29) is 29.4 Å². The number of benzene rings is 2. The molecule has 2 saturated heterocycles. The predicted octanol–water partition coefficient (Wildman–Crippen LogP) is 3.69. The molecule has 0 bridgehead atoms. The molecule has 3 aromatic rings. The van der Waals surface area contributed by atoms with Crippen LogP contribution in [0.4, 0.5) is 4.79 Å². The molecule has 2 aliphatic heterocycles. The monoisotopic (exact) mass is 512 g/mol. The molecule has 1 aromatic heterocycles. The number of likely N-dealkylation sites (N-methyl/N-ethyl adjacent to an activating group) is 1. The first-order valence-electron chi connectivity index (χ1n) is 11.6. The number of amides is 3. The fourth-order valence-corrected chi connectivity index (χ4v) is 6.48. The molecule has 5 rings (SSSR count). The predicted molar refractivity (Wildman–Crippen MR) is 135 cm³/mol. The van der Waals surface area contributed by atoms with Crippen molar-refractivity contribution in [2.75, 3.05) is 26.4 Å². The molecule has 2 fully saturated rings. The smallest absolute Gasteiger partial charge is 0.312 e. The number of fused-ring (bicyclic) bond motifs is 1. The SMILES string of the molecule is C[C@H](c1ccc2scnc2c1)N1CCC2(CC1)C(=O)N(Cc1ccc(S(C)(=O)=O)cc1)C(=O)N2C. The number of rotatable bonds is 5. The van der Waals surface area contributed by atoms with Gasteiger partial charge >= 0.3 is 6.03 Å². The molecule has 184 valence electrons. The van der Waals surface area contributed by atoms with Crippen molar-refractivity contribution in [1.82, 2.24) is 19.7 Å². The Hall–Kier alpha value is -2.82. The van der Waals surface area contributed by atoms with E-state index in [0.29, 0.717) is 31.5 Å². The lowest BCUT2D eigenvalue weighted by Crippen LogP contribution is -2.55. The zero-order chi connectivity index (χ0) is 25.0. The molecule has 10 heteroatoms. The minimum absolute atomic E-state index is 0.127. The van der Waals surface area contributed by atoms with Gasteiger partial charge in [0.2, 0.25) is 0 Å². The molecule has 1 atom stereocenters. The Kier molecular flexibility index (Phi) is 5.93. The molecule has 2 aliphatic rings. The molecule has 0 aliphatic carbocycles. The van der Waals surface area contributed by atoms with Gasteiger partial charge in [-0.3, -0.25) is 14.6 Å². The summed E-state index contributed by atoms with van der Waals surface area (Å²) in [6.07, 6.45) is 2.29. The van der Waals surface area contributed by atoms with Crippen LogP contribution in [0.3, 0.4) is 0 Å². The van der Waals surface area contributed by atoms with E-state index < -0.39 is 15.4 Å². The third-order valence-electron chi connectivity index (χ3n) is 7.51. The normalized spacial score (nSPS) is 19.7. The molecule has 8 nitrogen and oxygen atoms in total. The van der Waals surface area contributed by atoms with Gasteiger partial charge in [0.25, 0.3) is 5.91 Å². The van der Waals surface area contributed by atoms with Crippen LogP contribution in [0.2, 0.25) is 0 Å². The van der Waals surface area contributed by atoms with Gasteiger partial charge in [0.1, 0.15) is 5.54 Å². The first kappa shape index (κ1) is 23.9. The molecular formula is C25H28N4O4S2. The minimum atomic E-state index is -3.30. The maximum absolute atomic E-state index is 13.5. The zero-order valence-electron chi connectivity index (χ0n) is 20.0. The highest BCUT2D eigenvalue weighted by atomic mass is 32.2. The second-order valence-corrected chi connectivity index (χ2v) is 12.4. The van der Waals surface area contributed by atoms with E-state index in [9.17, 15) is 18.0 Å². The van der Waals surface area contributed by atoms with Crippen molar-refractivity contribution in [3.63, 3.8) is 0 Å². The third-order valence-corrected chi connectivity index (χ3v) is 9.44. The molecular weight excluding hydrogens is 484 g/mol. The number of sulfone groups is 1. The number of likely N-dealkylation sites (tertiary alicyclic amines) is 1. The lowest BCUT2D eigenvalue weighted by atomic mass is 9.85. The van der Waals surface area contributed by atoms with Gasteiger partial charge in [-0.2, -0.15) is 0 Å². The Bertz CT molecular complexity index is 1390. The summed E-state index contributed by atoms with van der Waals surface area (Å²) in [6, 6.07) is 12.6. The number of urea groups is 1. The van der Waals surface area contributed by atoms with E-state index in [2.05, 4.69) is 35.0 Å². The number of hydrogen-bond acceptors (Lipinski definition) is 7. The highest BCUT2D eigenvalue weighted by molar-refractivity contribution is 7.90. The molecule has 1 spiro atoms. The summed E-state index contributed by atoms with van der Waals surface area (Å²) >= 11 is 1.63. The van der Waals surface area contributed by atoms with Crippen molar-refractivity contribution in [2.24, 2.45) is 0 Å². The van der Waals surface area contributed by atoms with Crippen LogP contribution in [0.25, 0.3) is 10.2 Å². The number of carbonyl (C=O) groups is 2. The quantitative estimate of drug-likeness (QED) is 0.485. The standard InChI is InChI=1S/C25H28N4O4S2/c1-17(19-6-9-22-21(14-19)26-16-34-22)28-12-10-25(11-13-28)23(30)29(24(31)27(25)2)15-18-4-7-20(8-5-18)35(3,32)33/h4-9,14,16-17H,10-13,15H2,1-3H3/t17-/m1/s1. The van der Waals surface area contributed by atoms with Crippen molar-refractivity contribution in [1.29, 1.82) is 0 Å². The highest BCUT2D eigenvalue weighted by Gasteiger charge is 2.56. The maximum Gasteiger partial charge on any atom is 0.327 e. The lowest BCUT2D eigenvalue weighted by Gasteiger charge is -2.43. The second-order valence-electron chi connectivity index (χ2n) is 9.47. The van der Waals surface area contributed by atoms with E-state index in [4.69, 9.17) is 0 Å². The molecule has 3 amide bonds. The van der Waals surface area contributed by atoms with Crippen molar-refractivity contribution in [3.05, 3.63) is 59.1 Å². The summed E-state index contributed by atoms with van der Waals surface area (Å²) < 4.78 is 24.6. The fourth-order valence-electron chi connectivity index (χ4n) is 5.19. The van der Waals surface area contributed by atoms with Crippen LogP contribution in [-0.4, -0.2) is 72.0 Å². The summed E-state index contributed by atoms with van der Waals surface area (Å²) in [5, 5.41) is 0. The average Bonchev–Trinajstić information content (AvgIpc) is 3.38. The van der Waals surface area contributed by atoms with Gasteiger partial charge in [0, 0.05) is 32.4 Å². The van der Waals surface area contributed by atoms with E-state index in [1.807, 2.05) is 5.51 Å². The zero-order valence-corrected chi connectivity index (χ0v) is 21.6. The fraction of sp³-hybridized carbons (Fsp3) is 0.400. The van der Waals surface area contributed by atoms with Crippen LogP contribution in [0, 0.1) is 0 Å². The minimum Gasteiger partial charge on any atom is -0.312 e. The number of carbonyl (C=O) groups excluding carboxylic acids is 2. The summed E-state index contributed by atoms with van der Waals surface area (Å²) in [7, 11) is -1.59. The van der Waals surface area contributed by atoms with Gasteiger partial charge in [-0.15, -0.1) is 11.3 Å². The number of aromatic nitrogens is 1. The Morgan fingerprint density at radius 2 is 1.77 bits per heavy atom. The van der Waals surface area contributed by atoms with Gasteiger partial charge in [0.05, 0.1) is 27.2 Å². The molecule has 3 heterocycles. The van der Waals surface area contributed by atoms with Gasteiger partial charge in [-0.1, -0.05) is 18.2 Å². The van der Waals surface area contributed by atoms with Crippen LogP contribution < -0.4 is 0 Å². The Morgan fingerprint density at radius 1 is 1.09 bits per heavy atom. The van der Waals surface area contributed by atoms with E-state index in [1.165, 1.54) is 27.3 Å². The van der Waals surface area contributed by atoms with E-state index in [1.54, 1.807) is 35.4 Å². The van der Waals surface area contributed by atoms with Crippen LogP contribution in [0.15, 0.2) is 52.9 Å². The summed E-state index contributed by atoms with van der Waals surface area (Å²) in [6.45, 7) is 3.71. The average molecular weight is 513 g/mol. The van der Waals surface area contributed by atoms with Gasteiger partial charge in [0.15, 0.2) is 9.84 Å². The van der Waals surface area contributed by atoms with Crippen LogP contribution in [0.5, 0.6) is 0 Å². The number of hydrogen-bond donors (Lipinski definition) is 0. The summed E-state index contributed by atoms with van der Waals surface area (Å²) in [5.74, 6) is -0.173. The maximum atomic E-state index is 13.5. The van der Waals surface area contributed by atoms with E-state index >= 15 is 0 Å². The summed E-state index contributed by atoms with van der Waals surface area (Å²) in [4.78, 5) is 36.5. The van der Waals surface area contributed by atoms with Crippen LogP contribution in [-0.2, 0) is 21.2 Å². The van der Waals surface area contributed by atoms with Crippen molar-refractivity contribution in [2.45, 2.75) is 42.8 Å². The van der Waals surface area contributed by atoms with Crippen molar-refractivity contribution in [3.8, 4) is 0 Å². The van der Waals surface area contributed by atoms with Crippen LogP contribution in [0.1, 0.15) is 36.9 Å². The topological polar surface area (TPSA) is 90.9 Å². The van der Waals surface area contributed by atoms with Gasteiger partial charge < -0.3 is 4.90 Å².